The Balaban J connectivity index is 2.03. The minimum atomic E-state index is -0.0856. The SMILES string of the molecule is COc1ccc(C2C=C(c3ccc(C)cc3)N(C)C(=O)C2C)cc1. The van der Waals surface area contributed by atoms with Gasteiger partial charge in [-0.15, -0.1) is 0 Å². The number of amides is 1. The van der Waals surface area contributed by atoms with Crippen LogP contribution in [0.15, 0.2) is 54.6 Å². The minimum Gasteiger partial charge on any atom is -0.497 e. The molecular formula is C21H23NO2. The van der Waals surface area contributed by atoms with E-state index in [-0.39, 0.29) is 17.7 Å². The largest absolute Gasteiger partial charge is 0.497 e. The van der Waals surface area contributed by atoms with Crippen molar-refractivity contribution >= 4 is 11.6 Å². The number of rotatable bonds is 3. The number of aryl methyl sites for hydroxylation is 1. The Hall–Kier alpha value is -2.55. The molecule has 3 nitrogen and oxygen atoms in total. The third-order valence-corrected chi connectivity index (χ3v) is 4.81. The average Bonchev–Trinajstić information content (AvgIpc) is 2.61. The van der Waals surface area contributed by atoms with E-state index >= 15 is 0 Å². The Bertz CT molecular complexity index is 759. The molecule has 24 heavy (non-hydrogen) atoms. The lowest BCUT2D eigenvalue weighted by atomic mass is 9.82. The molecule has 0 aliphatic carbocycles. The summed E-state index contributed by atoms with van der Waals surface area (Å²) in [5, 5.41) is 0. The molecule has 0 spiro atoms. The van der Waals surface area contributed by atoms with Crippen molar-refractivity contribution in [3.63, 3.8) is 0 Å². The highest BCUT2D eigenvalue weighted by atomic mass is 16.5. The van der Waals surface area contributed by atoms with Crippen molar-refractivity contribution in [1.29, 1.82) is 0 Å². The molecule has 0 saturated heterocycles. The van der Waals surface area contributed by atoms with Gasteiger partial charge in [0.15, 0.2) is 0 Å². The molecule has 0 radical (unpaired) electrons. The highest BCUT2D eigenvalue weighted by molar-refractivity contribution is 5.91. The molecule has 0 fully saturated rings. The second-order valence-electron chi connectivity index (χ2n) is 6.40. The monoisotopic (exact) mass is 321 g/mol. The molecule has 2 aromatic carbocycles. The zero-order chi connectivity index (χ0) is 17.3. The molecule has 2 atom stereocenters. The molecule has 2 unspecified atom stereocenters. The van der Waals surface area contributed by atoms with Crippen LogP contribution in [0.3, 0.4) is 0 Å². The first-order valence-electron chi connectivity index (χ1n) is 8.21. The lowest BCUT2D eigenvalue weighted by molar-refractivity contribution is -0.131. The van der Waals surface area contributed by atoms with Crippen LogP contribution in [0.4, 0.5) is 0 Å². The van der Waals surface area contributed by atoms with Crippen LogP contribution >= 0.6 is 0 Å². The number of carbonyl (C=O) groups is 1. The van der Waals surface area contributed by atoms with Crippen molar-refractivity contribution in [2.45, 2.75) is 19.8 Å². The second kappa shape index (κ2) is 6.52. The van der Waals surface area contributed by atoms with Gasteiger partial charge in [-0.3, -0.25) is 4.79 Å². The molecule has 0 aromatic heterocycles. The summed E-state index contributed by atoms with van der Waals surface area (Å²) >= 11 is 0. The molecule has 3 heteroatoms. The second-order valence-corrected chi connectivity index (χ2v) is 6.40. The third kappa shape index (κ3) is 2.94. The summed E-state index contributed by atoms with van der Waals surface area (Å²) in [5.74, 6) is 0.954. The maximum Gasteiger partial charge on any atom is 0.230 e. The van der Waals surface area contributed by atoms with E-state index in [0.717, 1.165) is 22.6 Å². The van der Waals surface area contributed by atoms with Gasteiger partial charge < -0.3 is 9.64 Å². The predicted molar refractivity (Wildman–Crippen MR) is 96.8 cm³/mol. The summed E-state index contributed by atoms with van der Waals surface area (Å²) < 4.78 is 5.23. The molecule has 2 aromatic rings. The Labute approximate surface area is 143 Å². The van der Waals surface area contributed by atoms with E-state index in [1.807, 2.05) is 38.2 Å². The smallest absolute Gasteiger partial charge is 0.230 e. The summed E-state index contributed by atoms with van der Waals surface area (Å²) in [7, 11) is 3.51. The first kappa shape index (κ1) is 16.3. The molecule has 1 aliphatic heterocycles. The number of methoxy groups -OCH3 is 1. The van der Waals surface area contributed by atoms with E-state index in [1.165, 1.54) is 5.56 Å². The van der Waals surface area contributed by atoms with Gasteiger partial charge in [0.1, 0.15) is 5.75 Å². The Morgan fingerprint density at radius 1 is 1.00 bits per heavy atom. The summed E-state index contributed by atoms with van der Waals surface area (Å²) in [6.45, 7) is 4.06. The highest BCUT2D eigenvalue weighted by Crippen LogP contribution is 2.37. The summed E-state index contributed by atoms with van der Waals surface area (Å²) in [4.78, 5) is 14.5. The molecule has 1 amide bonds. The van der Waals surface area contributed by atoms with Gasteiger partial charge >= 0.3 is 0 Å². The first-order chi connectivity index (χ1) is 11.5. The van der Waals surface area contributed by atoms with Gasteiger partial charge in [0.05, 0.1) is 7.11 Å². The lowest BCUT2D eigenvalue weighted by Crippen LogP contribution is -2.37. The summed E-state index contributed by atoms with van der Waals surface area (Å²) in [6, 6.07) is 16.3. The zero-order valence-electron chi connectivity index (χ0n) is 14.6. The highest BCUT2D eigenvalue weighted by Gasteiger charge is 2.33. The van der Waals surface area contributed by atoms with Gasteiger partial charge in [0.25, 0.3) is 0 Å². The van der Waals surface area contributed by atoms with Crippen molar-refractivity contribution in [2.24, 2.45) is 5.92 Å². The van der Waals surface area contributed by atoms with Gasteiger partial charge in [0.2, 0.25) is 5.91 Å². The van der Waals surface area contributed by atoms with E-state index in [1.54, 1.807) is 12.0 Å². The maximum absolute atomic E-state index is 12.7. The van der Waals surface area contributed by atoms with Crippen molar-refractivity contribution < 1.29 is 9.53 Å². The molecule has 0 saturated carbocycles. The van der Waals surface area contributed by atoms with Crippen molar-refractivity contribution in [2.75, 3.05) is 14.2 Å². The summed E-state index contributed by atoms with van der Waals surface area (Å²) in [6.07, 6.45) is 2.21. The van der Waals surface area contributed by atoms with Crippen LogP contribution in [-0.4, -0.2) is 25.0 Å². The minimum absolute atomic E-state index is 0.0657. The number of carbonyl (C=O) groups excluding carboxylic acids is 1. The molecule has 124 valence electrons. The predicted octanol–water partition coefficient (Wildman–Crippen LogP) is 4.24. The van der Waals surface area contributed by atoms with Crippen LogP contribution in [0.5, 0.6) is 5.75 Å². The Morgan fingerprint density at radius 2 is 1.62 bits per heavy atom. The molecule has 0 bridgehead atoms. The van der Waals surface area contributed by atoms with Gasteiger partial charge in [-0.05, 0) is 30.2 Å². The van der Waals surface area contributed by atoms with Gasteiger partial charge in [0, 0.05) is 24.6 Å². The van der Waals surface area contributed by atoms with Gasteiger partial charge in [-0.25, -0.2) is 0 Å². The van der Waals surface area contributed by atoms with Crippen LogP contribution in [0.25, 0.3) is 5.70 Å². The van der Waals surface area contributed by atoms with Crippen LogP contribution in [0.1, 0.15) is 29.5 Å². The van der Waals surface area contributed by atoms with Crippen LogP contribution in [0.2, 0.25) is 0 Å². The number of ether oxygens (including phenoxy) is 1. The van der Waals surface area contributed by atoms with E-state index in [9.17, 15) is 4.79 Å². The molecule has 1 heterocycles. The number of hydrogen-bond acceptors (Lipinski definition) is 2. The number of allylic oxidation sites excluding steroid dienone is 1. The Morgan fingerprint density at radius 3 is 2.21 bits per heavy atom. The maximum atomic E-state index is 12.7. The molecule has 1 aliphatic rings. The zero-order valence-corrected chi connectivity index (χ0v) is 14.6. The molecular weight excluding hydrogens is 298 g/mol. The molecule has 3 rings (SSSR count). The van der Waals surface area contributed by atoms with Crippen molar-refractivity contribution in [3.05, 3.63) is 71.3 Å². The quantitative estimate of drug-likeness (QED) is 0.846. The Kier molecular flexibility index (Phi) is 4.43. The number of benzene rings is 2. The average molecular weight is 321 g/mol. The van der Waals surface area contributed by atoms with Gasteiger partial charge in [-0.2, -0.15) is 0 Å². The summed E-state index contributed by atoms with van der Waals surface area (Å²) in [5.41, 5.74) is 4.39. The van der Waals surface area contributed by atoms with Crippen molar-refractivity contribution in [1.82, 2.24) is 4.90 Å². The standard InChI is InChI=1S/C21H23NO2/c1-14-5-7-17(8-6-14)20-13-19(15(2)21(23)22(20)3)16-9-11-18(24-4)12-10-16/h5-13,15,19H,1-4H3. The van der Waals surface area contributed by atoms with E-state index in [4.69, 9.17) is 4.74 Å². The fourth-order valence-corrected chi connectivity index (χ4v) is 3.23. The topological polar surface area (TPSA) is 29.5 Å². The lowest BCUT2D eigenvalue weighted by Gasteiger charge is -2.34. The fourth-order valence-electron chi connectivity index (χ4n) is 3.23. The fraction of sp³-hybridized carbons (Fsp3) is 0.286. The van der Waals surface area contributed by atoms with Gasteiger partial charge in [-0.1, -0.05) is 55.0 Å². The van der Waals surface area contributed by atoms with Crippen molar-refractivity contribution in [3.8, 4) is 5.75 Å². The first-order valence-corrected chi connectivity index (χ1v) is 8.21. The number of hydrogen-bond donors (Lipinski definition) is 0. The van der Waals surface area contributed by atoms with E-state index in [0.29, 0.717) is 0 Å². The van der Waals surface area contributed by atoms with Crippen LogP contribution < -0.4 is 4.74 Å². The third-order valence-electron chi connectivity index (χ3n) is 4.81. The number of nitrogens with zero attached hydrogens (tertiary/aromatic N) is 1. The van der Waals surface area contributed by atoms with Crippen LogP contribution in [-0.2, 0) is 4.79 Å². The van der Waals surface area contributed by atoms with Crippen LogP contribution in [0, 0.1) is 12.8 Å². The van der Waals surface area contributed by atoms with E-state index < -0.39 is 0 Å². The molecule has 0 N–H and O–H groups in total. The normalized spacial score (nSPS) is 20.8. The van der Waals surface area contributed by atoms with E-state index in [2.05, 4.69) is 37.3 Å².